The zero-order valence-corrected chi connectivity index (χ0v) is 39.7. The van der Waals surface area contributed by atoms with Gasteiger partial charge >= 0.3 is 0 Å². The lowest BCUT2D eigenvalue weighted by Crippen LogP contribution is -2.45. The summed E-state index contributed by atoms with van der Waals surface area (Å²) in [6.07, 6.45) is 74.6. The summed E-state index contributed by atoms with van der Waals surface area (Å²) < 4.78 is 0. The first kappa shape index (κ1) is 57.6. The third-order valence-corrected chi connectivity index (χ3v) is 11.4. The summed E-state index contributed by atoms with van der Waals surface area (Å²) in [6.45, 7) is 4.16. The second-order valence-electron chi connectivity index (χ2n) is 17.2. The molecule has 0 aromatic carbocycles. The van der Waals surface area contributed by atoms with Gasteiger partial charge in [-0.05, 0) is 70.6 Å². The Morgan fingerprint density at radius 2 is 0.733 bits per heavy atom. The molecular weight excluding hydrogens is 735 g/mol. The van der Waals surface area contributed by atoms with Crippen LogP contribution in [0.4, 0.5) is 0 Å². The lowest BCUT2D eigenvalue weighted by molar-refractivity contribution is -0.123. The van der Waals surface area contributed by atoms with Crippen LogP contribution in [0.5, 0.6) is 0 Å². The predicted octanol–water partition coefficient (Wildman–Crippen LogP) is 16.8. The summed E-state index contributed by atoms with van der Waals surface area (Å²) in [4.78, 5) is 12.4. The quantitative estimate of drug-likeness (QED) is 0.0423. The van der Waals surface area contributed by atoms with Gasteiger partial charge in [0, 0.05) is 6.42 Å². The normalized spacial score (nSPS) is 13.6. The molecule has 346 valence electrons. The molecule has 4 nitrogen and oxygen atoms in total. The molecule has 0 saturated heterocycles. The Morgan fingerprint density at radius 1 is 0.417 bits per heavy atom. The van der Waals surface area contributed by atoms with Crippen molar-refractivity contribution in [3.05, 3.63) is 85.1 Å². The van der Waals surface area contributed by atoms with Crippen LogP contribution in [0.25, 0.3) is 0 Å². The molecule has 0 bridgehead atoms. The van der Waals surface area contributed by atoms with Crippen LogP contribution in [0.2, 0.25) is 0 Å². The second-order valence-corrected chi connectivity index (χ2v) is 17.2. The van der Waals surface area contributed by atoms with E-state index in [2.05, 4.69) is 92.1 Å². The van der Waals surface area contributed by atoms with Gasteiger partial charge in [-0.1, -0.05) is 253 Å². The maximum Gasteiger partial charge on any atom is 0.220 e. The van der Waals surface area contributed by atoms with Gasteiger partial charge in [-0.15, -0.1) is 0 Å². The molecule has 1 amide bonds. The van der Waals surface area contributed by atoms with Gasteiger partial charge in [0.2, 0.25) is 5.91 Å². The van der Waals surface area contributed by atoms with E-state index in [0.717, 1.165) is 64.2 Å². The molecule has 0 heterocycles. The minimum absolute atomic E-state index is 0.0664. The Kier molecular flexibility index (Phi) is 48.9. The average Bonchev–Trinajstić information content (AvgIpc) is 3.25. The fourth-order valence-corrected chi connectivity index (χ4v) is 7.48. The van der Waals surface area contributed by atoms with Gasteiger partial charge in [0.05, 0.1) is 18.8 Å². The Labute approximate surface area is 373 Å². The van der Waals surface area contributed by atoms with Crippen molar-refractivity contribution in [2.45, 2.75) is 257 Å². The molecule has 2 unspecified atom stereocenters. The summed E-state index contributed by atoms with van der Waals surface area (Å²) in [6, 6.07) is -0.621. The standard InChI is InChI=1S/C56H99NO3/c1-3-5-7-9-11-13-14-15-16-17-18-19-20-21-22-23-24-25-26-27-28-29-30-31-32-33-34-35-36-37-38-39-40-41-42-44-46-48-50-52-56(60)57-54(53-58)55(59)51-49-47-45-43-12-10-8-6-4-2/h5,7,11,13,15-16,18-19,21-22,24-25,49,51,54-55,58-59H,3-4,6,8-10,12,14,17,20,23,26-48,50,52-53H2,1-2H3,(H,57,60)/b7-5-,13-11-,16-15-,19-18-,22-21-,25-24-,51-49+. The van der Waals surface area contributed by atoms with Crippen LogP contribution in [0.3, 0.4) is 0 Å². The molecular formula is C56H99NO3. The van der Waals surface area contributed by atoms with Gasteiger partial charge in [0.1, 0.15) is 0 Å². The summed E-state index contributed by atoms with van der Waals surface area (Å²) in [5.41, 5.74) is 0. The van der Waals surface area contributed by atoms with E-state index in [1.165, 1.54) is 161 Å². The van der Waals surface area contributed by atoms with Crippen LogP contribution >= 0.6 is 0 Å². The molecule has 0 rings (SSSR count). The lowest BCUT2D eigenvalue weighted by Gasteiger charge is -2.20. The number of carbonyl (C=O) groups excluding carboxylic acids is 1. The number of aliphatic hydroxyl groups is 2. The highest BCUT2D eigenvalue weighted by atomic mass is 16.3. The first-order valence-electron chi connectivity index (χ1n) is 25.8. The monoisotopic (exact) mass is 834 g/mol. The van der Waals surface area contributed by atoms with Crippen molar-refractivity contribution in [1.82, 2.24) is 5.32 Å². The van der Waals surface area contributed by atoms with Crippen LogP contribution in [0.1, 0.15) is 245 Å². The highest BCUT2D eigenvalue weighted by Crippen LogP contribution is 2.16. The van der Waals surface area contributed by atoms with E-state index < -0.39 is 12.1 Å². The molecule has 2 atom stereocenters. The average molecular weight is 834 g/mol. The Balaban J connectivity index is 3.43. The number of allylic oxidation sites excluding steroid dienone is 13. The molecule has 0 aromatic heterocycles. The third kappa shape index (κ3) is 46.6. The maximum atomic E-state index is 12.4. The Morgan fingerprint density at radius 3 is 1.10 bits per heavy atom. The van der Waals surface area contributed by atoms with Crippen molar-refractivity contribution in [2.24, 2.45) is 0 Å². The van der Waals surface area contributed by atoms with Crippen LogP contribution in [-0.2, 0) is 4.79 Å². The Bertz CT molecular complexity index is 1080. The van der Waals surface area contributed by atoms with Crippen molar-refractivity contribution >= 4 is 5.91 Å². The minimum atomic E-state index is -0.838. The zero-order valence-electron chi connectivity index (χ0n) is 39.7. The van der Waals surface area contributed by atoms with Crippen molar-refractivity contribution < 1.29 is 15.0 Å². The molecule has 0 aromatic rings. The van der Waals surface area contributed by atoms with E-state index in [-0.39, 0.29) is 12.5 Å². The molecule has 0 radical (unpaired) electrons. The van der Waals surface area contributed by atoms with Gasteiger partial charge in [0.25, 0.3) is 0 Å². The van der Waals surface area contributed by atoms with E-state index in [1.807, 2.05) is 6.08 Å². The first-order chi connectivity index (χ1) is 29.7. The molecule has 3 N–H and O–H groups in total. The Hall–Kier alpha value is -2.43. The fourth-order valence-electron chi connectivity index (χ4n) is 7.48. The highest BCUT2D eigenvalue weighted by molar-refractivity contribution is 5.76. The highest BCUT2D eigenvalue weighted by Gasteiger charge is 2.18. The van der Waals surface area contributed by atoms with E-state index in [1.54, 1.807) is 6.08 Å². The summed E-state index contributed by atoms with van der Waals surface area (Å²) in [5, 5.41) is 22.9. The summed E-state index contributed by atoms with van der Waals surface area (Å²) in [7, 11) is 0. The molecule has 0 spiro atoms. The van der Waals surface area contributed by atoms with Crippen molar-refractivity contribution in [2.75, 3.05) is 6.61 Å². The zero-order chi connectivity index (χ0) is 43.5. The second kappa shape index (κ2) is 50.9. The number of nitrogens with one attached hydrogen (secondary N) is 1. The van der Waals surface area contributed by atoms with Gasteiger partial charge in [-0.25, -0.2) is 0 Å². The number of carbonyl (C=O) groups is 1. The third-order valence-electron chi connectivity index (χ3n) is 11.4. The largest absolute Gasteiger partial charge is 0.394 e. The molecule has 0 aliphatic heterocycles. The van der Waals surface area contributed by atoms with Gasteiger partial charge < -0.3 is 15.5 Å². The number of aliphatic hydroxyl groups excluding tert-OH is 2. The van der Waals surface area contributed by atoms with Crippen molar-refractivity contribution in [3.63, 3.8) is 0 Å². The molecule has 60 heavy (non-hydrogen) atoms. The smallest absolute Gasteiger partial charge is 0.220 e. The van der Waals surface area contributed by atoms with Gasteiger partial charge in [-0.2, -0.15) is 0 Å². The number of hydrogen-bond donors (Lipinski definition) is 3. The van der Waals surface area contributed by atoms with E-state index >= 15 is 0 Å². The maximum absolute atomic E-state index is 12.4. The number of rotatable bonds is 46. The number of amides is 1. The molecule has 4 heteroatoms. The van der Waals surface area contributed by atoms with Crippen LogP contribution in [0.15, 0.2) is 85.1 Å². The van der Waals surface area contributed by atoms with Gasteiger partial charge in [-0.3, -0.25) is 4.79 Å². The molecule has 0 aliphatic carbocycles. The van der Waals surface area contributed by atoms with Crippen molar-refractivity contribution in [3.8, 4) is 0 Å². The summed E-state index contributed by atoms with van der Waals surface area (Å²) in [5.74, 6) is -0.0664. The molecule has 0 fully saturated rings. The van der Waals surface area contributed by atoms with Crippen LogP contribution in [0, 0.1) is 0 Å². The van der Waals surface area contributed by atoms with Gasteiger partial charge in [0.15, 0.2) is 0 Å². The number of unbranched alkanes of at least 4 members (excludes halogenated alkanes) is 27. The van der Waals surface area contributed by atoms with Crippen LogP contribution in [-0.4, -0.2) is 34.9 Å². The van der Waals surface area contributed by atoms with Crippen molar-refractivity contribution in [1.29, 1.82) is 0 Å². The SMILES string of the molecule is CC/C=C\C/C=C\C/C=C\C/C=C\C/C=C\C/C=C\CCCCCCCCCCCCCCCCCCCCCCC(=O)NC(CO)C(O)/C=C/CCCCCCCCC. The molecule has 0 aliphatic rings. The first-order valence-corrected chi connectivity index (χ1v) is 25.8. The summed E-state index contributed by atoms with van der Waals surface area (Å²) >= 11 is 0. The van der Waals surface area contributed by atoms with E-state index in [0.29, 0.717) is 6.42 Å². The predicted molar refractivity (Wildman–Crippen MR) is 267 cm³/mol. The minimum Gasteiger partial charge on any atom is -0.394 e. The fraction of sp³-hybridized carbons (Fsp3) is 0.732. The van der Waals surface area contributed by atoms with E-state index in [4.69, 9.17) is 0 Å². The van der Waals surface area contributed by atoms with Crippen LogP contribution < -0.4 is 5.32 Å². The molecule has 0 saturated carbocycles. The lowest BCUT2D eigenvalue weighted by atomic mass is 10.0. The number of hydrogen-bond acceptors (Lipinski definition) is 3. The van der Waals surface area contributed by atoms with E-state index in [9.17, 15) is 15.0 Å². The topological polar surface area (TPSA) is 69.6 Å².